The number of rotatable bonds is 3. The van der Waals surface area contributed by atoms with Gasteiger partial charge in [-0.2, -0.15) is 0 Å². The quantitative estimate of drug-likeness (QED) is 0.849. The summed E-state index contributed by atoms with van der Waals surface area (Å²) >= 11 is 0. The molecular weight excluding hydrogens is 244 g/mol. The summed E-state index contributed by atoms with van der Waals surface area (Å²) < 4.78 is 0. The highest BCUT2D eigenvalue weighted by molar-refractivity contribution is 5.43. The minimum Gasteiger partial charge on any atom is -0.508 e. The van der Waals surface area contributed by atoms with E-state index in [1.54, 1.807) is 6.07 Å². The fourth-order valence-corrected chi connectivity index (χ4v) is 2.69. The smallest absolute Gasteiger partial charge is 0.119 e. The first-order chi connectivity index (χ1) is 9.39. The van der Waals surface area contributed by atoms with Crippen LogP contribution >= 0.6 is 0 Å². The first-order valence-corrected chi connectivity index (χ1v) is 7.25. The number of hydrogen-bond donors (Lipinski definition) is 1. The van der Waals surface area contributed by atoms with E-state index in [1.165, 1.54) is 16.7 Å². The van der Waals surface area contributed by atoms with Crippen molar-refractivity contribution in [2.24, 2.45) is 0 Å². The summed E-state index contributed by atoms with van der Waals surface area (Å²) in [6.07, 6.45) is 1.84. The zero-order valence-electron chi connectivity index (χ0n) is 12.9. The average molecular weight is 268 g/mol. The molecule has 1 nitrogen and oxygen atoms in total. The molecule has 0 spiro atoms. The van der Waals surface area contributed by atoms with E-state index < -0.39 is 0 Å². The zero-order chi connectivity index (χ0) is 14.8. The number of aromatic hydroxyl groups is 1. The Labute approximate surface area is 122 Å². The van der Waals surface area contributed by atoms with E-state index in [1.807, 2.05) is 6.07 Å². The summed E-state index contributed by atoms with van der Waals surface area (Å²) in [6, 6.07) is 14.3. The number of phenols is 1. The van der Waals surface area contributed by atoms with Gasteiger partial charge in [-0.1, -0.05) is 57.2 Å². The van der Waals surface area contributed by atoms with Crippen molar-refractivity contribution in [3.05, 3.63) is 64.7 Å². The molecule has 1 N–H and O–H groups in total. The Balaban J connectivity index is 2.28. The molecule has 0 bridgehead atoms. The second kappa shape index (κ2) is 5.70. The molecule has 1 heteroatoms. The van der Waals surface area contributed by atoms with E-state index in [9.17, 15) is 5.11 Å². The van der Waals surface area contributed by atoms with Gasteiger partial charge in [-0.25, -0.2) is 0 Å². The van der Waals surface area contributed by atoms with Crippen molar-refractivity contribution in [3.8, 4) is 5.75 Å². The van der Waals surface area contributed by atoms with Crippen molar-refractivity contribution in [1.82, 2.24) is 0 Å². The van der Waals surface area contributed by atoms with Gasteiger partial charge in [0, 0.05) is 0 Å². The van der Waals surface area contributed by atoms with E-state index in [2.05, 4.69) is 58.0 Å². The van der Waals surface area contributed by atoms with Crippen LogP contribution in [0.15, 0.2) is 42.5 Å². The summed E-state index contributed by atoms with van der Waals surface area (Å²) in [5.41, 5.74) is 5.06. The minimum atomic E-state index is 0.0554. The minimum absolute atomic E-state index is 0.0554. The standard InChI is InChI=1S/C19H24O/c1-14-8-5-6-9-15(14)12-13-16-17(19(2,3)4)10-7-11-18(16)20/h5-11,20H,12-13H2,1-4H3. The maximum atomic E-state index is 10.2. The second-order valence-electron chi connectivity index (χ2n) is 6.48. The van der Waals surface area contributed by atoms with E-state index in [0.29, 0.717) is 5.75 Å². The van der Waals surface area contributed by atoms with Crippen LogP contribution in [0, 0.1) is 6.92 Å². The molecule has 2 rings (SSSR count). The van der Waals surface area contributed by atoms with Gasteiger partial charge in [-0.15, -0.1) is 0 Å². The van der Waals surface area contributed by atoms with E-state index >= 15 is 0 Å². The first kappa shape index (κ1) is 14.6. The van der Waals surface area contributed by atoms with Crippen molar-refractivity contribution in [2.45, 2.75) is 46.0 Å². The third-order valence-corrected chi connectivity index (χ3v) is 3.86. The van der Waals surface area contributed by atoms with Crippen LogP contribution in [0.2, 0.25) is 0 Å². The lowest BCUT2D eigenvalue weighted by Gasteiger charge is -2.23. The maximum absolute atomic E-state index is 10.2. The maximum Gasteiger partial charge on any atom is 0.119 e. The lowest BCUT2D eigenvalue weighted by atomic mass is 9.82. The summed E-state index contributed by atoms with van der Waals surface area (Å²) in [5, 5.41) is 10.2. The molecule has 0 radical (unpaired) electrons. The van der Waals surface area contributed by atoms with Gasteiger partial charge >= 0.3 is 0 Å². The van der Waals surface area contributed by atoms with Gasteiger partial charge in [0.25, 0.3) is 0 Å². The number of hydrogen-bond acceptors (Lipinski definition) is 1. The van der Waals surface area contributed by atoms with Crippen LogP contribution in [0.3, 0.4) is 0 Å². The topological polar surface area (TPSA) is 20.2 Å². The molecule has 20 heavy (non-hydrogen) atoms. The Hall–Kier alpha value is -1.76. The number of phenolic OH excluding ortho intramolecular Hbond substituents is 1. The van der Waals surface area contributed by atoms with E-state index in [4.69, 9.17) is 0 Å². The molecule has 0 aliphatic heterocycles. The van der Waals surface area contributed by atoms with Crippen molar-refractivity contribution in [3.63, 3.8) is 0 Å². The summed E-state index contributed by atoms with van der Waals surface area (Å²) in [4.78, 5) is 0. The Bertz CT molecular complexity index is 591. The molecule has 0 saturated carbocycles. The van der Waals surface area contributed by atoms with Gasteiger partial charge < -0.3 is 5.11 Å². The zero-order valence-corrected chi connectivity index (χ0v) is 12.9. The highest BCUT2D eigenvalue weighted by atomic mass is 16.3. The summed E-state index contributed by atoms with van der Waals surface area (Å²) in [6.45, 7) is 8.72. The lowest BCUT2D eigenvalue weighted by molar-refractivity contribution is 0.461. The average Bonchev–Trinajstić information content (AvgIpc) is 2.37. The van der Waals surface area contributed by atoms with Gasteiger partial charge in [-0.05, 0) is 53.5 Å². The molecule has 0 atom stereocenters. The second-order valence-corrected chi connectivity index (χ2v) is 6.48. The molecule has 0 aliphatic rings. The Morgan fingerprint density at radius 3 is 2.25 bits per heavy atom. The summed E-state index contributed by atoms with van der Waals surface area (Å²) in [7, 11) is 0. The highest BCUT2D eigenvalue weighted by Gasteiger charge is 2.19. The van der Waals surface area contributed by atoms with Crippen LogP contribution in [-0.4, -0.2) is 5.11 Å². The fourth-order valence-electron chi connectivity index (χ4n) is 2.69. The molecule has 2 aromatic rings. The lowest BCUT2D eigenvalue weighted by Crippen LogP contribution is -2.14. The van der Waals surface area contributed by atoms with Gasteiger partial charge in [0.1, 0.15) is 5.75 Å². The van der Waals surface area contributed by atoms with Crippen LogP contribution in [0.25, 0.3) is 0 Å². The van der Waals surface area contributed by atoms with Crippen LogP contribution in [-0.2, 0) is 18.3 Å². The molecule has 0 amide bonds. The largest absolute Gasteiger partial charge is 0.508 e. The van der Waals surface area contributed by atoms with Gasteiger partial charge in [0.2, 0.25) is 0 Å². The van der Waals surface area contributed by atoms with Crippen molar-refractivity contribution >= 4 is 0 Å². The van der Waals surface area contributed by atoms with Crippen LogP contribution in [0.5, 0.6) is 5.75 Å². The summed E-state index contributed by atoms with van der Waals surface area (Å²) in [5.74, 6) is 0.422. The SMILES string of the molecule is Cc1ccccc1CCc1c(O)cccc1C(C)(C)C. The third-order valence-electron chi connectivity index (χ3n) is 3.86. The van der Waals surface area contributed by atoms with E-state index in [0.717, 1.165) is 18.4 Å². The molecule has 0 fully saturated rings. The van der Waals surface area contributed by atoms with E-state index in [-0.39, 0.29) is 5.41 Å². The molecule has 0 unspecified atom stereocenters. The Morgan fingerprint density at radius 2 is 1.60 bits per heavy atom. The van der Waals surface area contributed by atoms with Crippen LogP contribution in [0.4, 0.5) is 0 Å². The molecule has 0 saturated heterocycles. The molecule has 2 aromatic carbocycles. The fraction of sp³-hybridized carbons (Fsp3) is 0.368. The highest BCUT2D eigenvalue weighted by Crippen LogP contribution is 2.32. The van der Waals surface area contributed by atoms with Crippen molar-refractivity contribution in [2.75, 3.05) is 0 Å². The normalized spacial score (nSPS) is 11.6. The first-order valence-electron chi connectivity index (χ1n) is 7.25. The molecule has 0 aromatic heterocycles. The van der Waals surface area contributed by atoms with Crippen LogP contribution in [0.1, 0.15) is 43.0 Å². The number of benzene rings is 2. The van der Waals surface area contributed by atoms with Crippen molar-refractivity contribution < 1.29 is 5.11 Å². The van der Waals surface area contributed by atoms with Crippen molar-refractivity contribution in [1.29, 1.82) is 0 Å². The molecule has 0 aliphatic carbocycles. The molecular formula is C19H24O. The van der Waals surface area contributed by atoms with Gasteiger partial charge in [-0.3, -0.25) is 0 Å². The monoisotopic (exact) mass is 268 g/mol. The number of aryl methyl sites for hydroxylation is 2. The molecule has 0 heterocycles. The van der Waals surface area contributed by atoms with Gasteiger partial charge in [0.05, 0.1) is 0 Å². The van der Waals surface area contributed by atoms with Gasteiger partial charge in [0.15, 0.2) is 0 Å². The predicted molar refractivity (Wildman–Crippen MR) is 85.4 cm³/mol. The Morgan fingerprint density at radius 1 is 0.900 bits per heavy atom. The predicted octanol–water partition coefficient (Wildman–Crippen LogP) is 4.78. The molecule has 106 valence electrons. The Kier molecular flexibility index (Phi) is 4.17. The third kappa shape index (κ3) is 3.22. The van der Waals surface area contributed by atoms with Crippen LogP contribution < -0.4 is 0 Å².